The van der Waals surface area contributed by atoms with E-state index in [1.54, 1.807) is 0 Å². The Morgan fingerprint density at radius 3 is 0.964 bits per heavy atom. The first-order valence-electron chi connectivity index (χ1n) is 19.1. The molecule has 9 rings (SSSR count). The van der Waals surface area contributed by atoms with E-state index >= 15 is 0 Å². The molecule has 9 aromatic carbocycles. The number of nitrogens with zero attached hydrogens (tertiary/aromatic N) is 2. The summed E-state index contributed by atoms with van der Waals surface area (Å²) in [7, 11) is 0. The second-order valence-electron chi connectivity index (χ2n) is 13.8. The second-order valence-corrected chi connectivity index (χ2v) is 13.8. The van der Waals surface area contributed by atoms with Crippen LogP contribution in [0.25, 0.3) is 44.5 Å². The van der Waals surface area contributed by atoms with Crippen molar-refractivity contribution in [3.8, 4) is 44.5 Å². The molecule has 0 unspecified atom stereocenters. The topological polar surface area (TPSA) is 6.48 Å². The first-order chi connectivity index (χ1) is 27.8. The lowest BCUT2D eigenvalue weighted by Crippen LogP contribution is -2.10. The molecule has 0 aliphatic heterocycles. The van der Waals surface area contributed by atoms with Crippen molar-refractivity contribution in [3.63, 3.8) is 0 Å². The van der Waals surface area contributed by atoms with Crippen LogP contribution in [0.5, 0.6) is 0 Å². The first kappa shape index (κ1) is 34.4. The van der Waals surface area contributed by atoms with Crippen LogP contribution in [0.15, 0.2) is 243 Å². The monoisotopic (exact) mass is 716 g/mol. The Hall–Kier alpha value is -7.42. The molecule has 0 saturated carbocycles. The second kappa shape index (κ2) is 15.9. The highest BCUT2D eigenvalue weighted by molar-refractivity contribution is 5.91. The van der Waals surface area contributed by atoms with Gasteiger partial charge in [-0.2, -0.15) is 0 Å². The van der Waals surface area contributed by atoms with Gasteiger partial charge >= 0.3 is 0 Å². The van der Waals surface area contributed by atoms with Crippen molar-refractivity contribution in [1.29, 1.82) is 0 Å². The summed E-state index contributed by atoms with van der Waals surface area (Å²) in [5.41, 5.74) is 16.0. The van der Waals surface area contributed by atoms with Gasteiger partial charge in [0.15, 0.2) is 0 Å². The number of benzene rings is 9. The summed E-state index contributed by atoms with van der Waals surface area (Å²) in [6.45, 7) is 0. The van der Waals surface area contributed by atoms with Gasteiger partial charge in [0.2, 0.25) is 0 Å². The maximum atomic E-state index is 2.35. The summed E-state index contributed by atoms with van der Waals surface area (Å²) in [4.78, 5) is 4.69. The Bertz CT molecular complexity index is 2640. The van der Waals surface area contributed by atoms with Crippen molar-refractivity contribution in [3.05, 3.63) is 243 Å². The molecule has 0 spiro atoms. The number of para-hydroxylation sites is 2. The van der Waals surface area contributed by atoms with Crippen LogP contribution in [0, 0.1) is 0 Å². The van der Waals surface area contributed by atoms with Crippen LogP contribution in [-0.4, -0.2) is 0 Å². The summed E-state index contributed by atoms with van der Waals surface area (Å²) < 4.78 is 0. The van der Waals surface area contributed by atoms with E-state index in [9.17, 15) is 0 Å². The minimum Gasteiger partial charge on any atom is -0.310 e. The van der Waals surface area contributed by atoms with Gasteiger partial charge in [0.05, 0.1) is 0 Å². The van der Waals surface area contributed by atoms with Gasteiger partial charge in [-0.15, -0.1) is 0 Å². The van der Waals surface area contributed by atoms with Gasteiger partial charge in [0.1, 0.15) is 0 Å². The van der Waals surface area contributed by atoms with Gasteiger partial charge in [-0.3, -0.25) is 0 Å². The predicted octanol–water partition coefficient (Wildman–Crippen LogP) is 15.3. The molecule has 0 aromatic heterocycles. The van der Waals surface area contributed by atoms with E-state index in [1.165, 1.54) is 33.4 Å². The molecule has 0 atom stereocenters. The van der Waals surface area contributed by atoms with E-state index in [1.807, 2.05) is 0 Å². The molecule has 0 N–H and O–H groups in total. The highest BCUT2D eigenvalue weighted by Crippen LogP contribution is 2.43. The minimum absolute atomic E-state index is 1.08. The van der Waals surface area contributed by atoms with Crippen LogP contribution < -0.4 is 9.80 Å². The molecule has 2 heteroatoms. The summed E-state index contributed by atoms with van der Waals surface area (Å²) in [5, 5.41) is 0. The van der Waals surface area contributed by atoms with E-state index in [0.29, 0.717) is 0 Å². The van der Waals surface area contributed by atoms with Gasteiger partial charge in [-0.25, -0.2) is 0 Å². The molecule has 0 aliphatic rings. The van der Waals surface area contributed by atoms with E-state index in [4.69, 9.17) is 0 Å². The van der Waals surface area contributed by atoms with Crippen molar-refractivity contribution in [2.75, 3.05) is 9.80 Å². The Morgan fingerprint density at radius 1 is 0.179 bits per heavy atom. The van der Waals surface area contributed by atoms with Crippen LogP contribution in [0.3, 0.4) is 0 Å². The fraction of sp³-hybridized carbons (Fsp3) is 0. The number of anilines is 6. The fourth-order valence-electron chi connectivity index (χ4n) is 7.51. The summed E-state index contributed by atoms with van der Waals surface area (Å²) >= 11 is 0. The normalized spacial score (nSPS) is 10.9. The fourth-order valence-corrected chi connectivity index (χ4v) is 7.51. The average Bonchev–Trinajstić information content (AvgIpc) is 3.29. The lowest BCUT2D eigenvalue weighted by Gasteiger charge is -2.28. The number of rotatable bonds is 10. The molecular weight excluding hydrogens is 677 g/mol. The van der Waals surface area contributed by atoms with E-state index < -0.39 is 0 Å². The highest BCUT2D eigenvalue weighted by Gasteiger charge is 2.19. The Balaban J connectivity index is 1.17. The quantitative estimate of drug-likeness (QED) is 0.139. The molecule has 0 fully saturated rings. The van der Waals surface area contributed by atoms with E-state index in [0.717, 1.165) is 45.3 Å². The average molecular weight is 717 g/mol. The SMILES string of the molecule is c1ccc(-c2ccc(N(c3ccccc3)c3cccc(-c4cc(N(c5ccccc5)c5ccc(-c6ccccc6)cc5)ccc4-c4ccccc4)c3)cc2)cc1. The van der Waals surface area contributed by atoms with Crippen LogP contribution in [0.2, 0.25) is 0 Å². The molecule has 0 bridgehead atoms. The smallest absolute Gasteiger partial charge is 0.0468 e. The zero-order valence-corrected chi connectivity index (χ0v) is 31.0. The zero-order chi connectivity index (χ0) is 37.5. The van der Waals surface area contributed by atoms with Crippen LogP contribution >= 0.6 is 0 Å². The minimum atomic E-state index is 1.08. The van der Waals surface area contributed by atoms with Crippen molar-refractivity contribution in [2.45, 2.75) is 0 Å². The van der Waals surface area contributed by atoms with Crippen LogP contribution in [0.4, 0.5) is 34.1 Å². The third kappa shape index (κ3) is 7.24. The van der Waals surface area contributed by atoms with Gasteiger partial charge < -0.3 is 9.80 Å². The molecule has 266 valence electrons. The number of hydrogen-bond acceptors (Lipinski definition) is 2. The largest absolute Gasteiger partial charge is 0.310 e. The molecule has 0 aliphatic carbocycles. The lowest BCUT2D eigenvalue weighted by atomic mass is 9.93. The molecule has 0 amide bonds. The Labute approximate surface area is 329 Å². The first-order valence-corrected chi connectivity index (χ1v) is 19.1. The van der Waals surface area contributed by atoms with Crippen molar-refractivity contribution >= 4 is 34.1 Å². The third-order valence-corrected chi connectivity index (χ3v) is 10.3. The number of hydrogen-bond donors (Lipinski definition) is 0. The van der Waals surface area contributed by atoms with Crippen molar-refractivity contribution in [1.82, 2.24) is 0 Å². The van der Waals surface area contributed by atoms with Crippen molar-refractivity contribution in [2.24, 2.45) is 0 Å². The van der Waals surface area contributed by atoms with E-state index in [-0.39, 0.29) is 0 Å². The maximum Gasteiger partial charge on any atom is 0.0468 e. The van der Waals surface area contributed by atoms with E-state index in [2.05, 4.69) is 252 Å². The molecule has 2 nitrogen and oxygen atoms in total. The van der Waals surface area contributed by atoms with Gasteiger partial charge in [-0.05, 0) is 117 Å². The van der Waals surface area contributed by atoms with Crippen LogP contribution in [0.1, 0.15) is 0 Å². The molecular formula is C54H40N2. The molecule has 0 saturated heterocycles. The molecule has 56 heavy (non-hydrogen) atoms. The Kier molecular flexibility index (Phi) is 9.75. The predicted molar refractivity (Wildman–Crippen MR) is 238 cm³/mol. The third-order valence-electron chi connectivity index (χ3n) is 10.3. The maximum absolute atomic E-state index is 2.35. The van der Waals surface area contributed by atoms with Crippen molar-refractivity contribution < 1.29 is 0 Å². The summed E-state index contributed by atoms with van der Waals surface area (Å²) in [5.74, 6) is 0. The van der Waals surface area contributed by atoms with Gasteiger partial charge in [-0.1, -0.05) is 170 Å². The van der Waals surface area contributed by atoms with Gasteiger partial charge in [0, 0.05) is 34.1 Å². The summed E-state index contributed by atoms with van der Waals surface area (Å²) in [6.07, 6.45) is 0. The van der Waals surface area contributed by atoms with Gasteiger partial charge in [0.25, 0.3) is 0 Å². The lowest BCUT2D eigenvalue weighted by molar-refractivity contribution is 1.28. The van der Waals surface area contributed by atoms with Crippen LogP contribution in [-0.2, 0) is 0 Å². The molecule has 0 radical (unpaired) electrons. The molecule has 9 aromatic rings. The molecule has 0 heterocycles. The standard InChI is InChI=1S/C54H40N2/c1-6-17-41(18-7-1)43-29-33-49(34-30-43)55(47-24-12-4-13-25-47)51-28-16-23-46(39-51)54-40-52(37-38-53(54)45-21-10-3-11-22-45)56(48-26-14-5-15-27-48)50-35-31-44(32-36-50)42-19-8-2-9-20-42/h1-40H. The highest BCUT2D eigenvalue weighted by atomic mass is 15.1. The zero-order valence-electron chi connectivity index (χ0n) is 31.0. The Morgan fingerprint density at radius 2 is 0.500 bits per heavy atom. The summed E-state index contributed by atoms with van der Waals surface area (Å²) in [6, 6.07) is 86.6.